The molecule has 0 radical (unpaired) electrons. The molecule has 4 rings (SSSR count). The number of benzene rings is 1. The fourth-order valence-corrected chi connectivity index (χ4v) is 3.78. The number of hydrogen-bond donors (Lipinski definition) is 2. The Hall–Kier alpha value is -1.77. The van der Waals surface area contributed by atoms with Crippen molar-refractivity contribution in [1.82, 2.24) is 19.9 Å². The molecule has 3 aromatic rings. The second-order valence-electron chi connectivity index (χ2n) is 6.50. The molecule has 0 amide bonds. The van der Waals surface area contributed by atoms with Gasteiger partial charge in [0.1, 0.15) is 5.82 Å². The predicted molar refractivity (Wildman–Crippen MR) is 118 cm³/mol. The minimum Gasteiger partial charge on any atom is -0.368 e. The molecule has 2 N–H and O–H groups in total. The van der Waals surface area contributed by atoms with E-state index < -0.39 is 0 Å². The van der Waals surface area contributed by atoms with Gasteiger partial charge in [0, 0.05) is 29.2 Å². The topological polar surface area (TPSA) is 71.3 Å². The first-order chi connectivity index (χ1) is 13.6. The smallest absolute Gasteiger partial charge is 0.172 e. The van der Waals surface area contributed by atoms with Crippen LogP contribution in [0.1, 0.15) is 19.3 Å². The molecule has 1 aromatic carbocycles. The van der Waals surface area contributed by atoms with E-state index in [-0.39, 0.29) is 0 Å². The first-order valence-electron chi connectivity index (χ1n) is 9.30. The maximum Gasteiger partial charge on any atom is 0.172 e. The second-order valence-corrected chi connectivity index (χ2v) is 7.76. The van der Waals surface area contributed by atoms with Crippen LogP contribution in [0.25, 0.3) is 16.9 Å². The van der Waals surface area contributed by atoms with Crippen LogP contribution in [-0.4, -0.2) is 40.9 Å². The summed E-state index contributed by atoms with van der Waals surface area (Å²) in [6.07, 6.45) is 5.51. The van der Waals surface area contributed by atoms with Gasteiger partial charge < -0.3 is 10.6 Å². The first-order valence-corrected chi connectivity index (χ1v) is 10.5. The van der Waals surface area contributed by atoms with Crippen molar-refractivity contribution in [2.45, 2.75) is 32.1 Å². The minimum absolute atomic E-state index is 0.486. The molecular weight excluding hydrogens is 440 g/mol. The number of anilines is 1. The van der Waals surface area contributed by atoms with Gasteiger partial charge in [0.25, 0.3) is 0 Å². The van der Waals surface area contributed by atoms with Crippen molar-refractivity contribution >= 4 is 46.1 Å². The molecule has 0 spiro atoms. The normalized spacial score (nSPS) is 16.2. The number of fused-ring (bicyclic) bond motifs is 1. The van der Waals surface area contributed by atoms with Crippen LogP contribution < -0.4 is 10.6 Å². The summed E-state index contributed by atoms with van der Waals surface area (Å²) < 4.78 is 11.5. The van der Waals surface area contributed by atoms with Crippen LogP contribution in [0, 0.1) is 0 Å². The van der Waals surface area contributed by atoms with Gasteiger partial charge in [-0.2, -0.15) is 9.61 Å². The molecule has 1 unspecified atom stereocenters. The van der Waals surface area contributed by atoms with Crippen molar-refractivity contribution in [2.75, 3.05) is 18.4 Å². The van der Waals surface area contributed by atoms with Crippen molar-refractivity contribution in [3.63, 3.8) is 0 Å². The molecule has 6 nitrogen and oxygen atoms in total. The van der Waals surface area contributed by atoms with Crippen molar-refractivity contribution in [1.29, 1.82) is 0 Å². The average Bonchev–Trinajstić information content (AvgIpc) is 3.09. The van der Waals surface area contributed by atoms with E-state index in [1.165, 1.54) is 26.1 Å². The molecule has 146 valence electrons. The Labute approximate surface area is 178 Å². The molecule has 0 saturated carbocycles. The van der Waals surface area contributed by atoms with Crippen LogP contribution in [0.5, 0.6) is 0 Å². The van der Waals surface area contributed by atoms with Gasteiger partial charge in [-0.15, -0.1) is 0 Å². The molecule has 2 aromatic heterocycles. The molecular formula is C19H22BBrClN5O. The van der Waals surface area contributed by atoms with Crippen LogP contribution in [0.4, 0.5) is 5.82 Å². The van der Waals surface area contributed by atoms with Gasteiger partial charge in [-0.1, -0.05) is 36.2 Å². The largest absolute Gasteiger partial charge is 0.368 e. The molecule has 9 heteroatoms. The van der Waals surface area contributed by atoms with Crippen LogP contribution in [0.3, 0.4) is 0 Å². The average molecular weight is 463 g/mol. The third kappa shape index (κ3) is 4.98. The van der Waals surface area contributed by atoms with Gasteiger partial charge in [0.15, 0.2) is 5.65 Å². The number of halogens is 2. The quantitative estimate of drug-likeness (QED) is 0.561. The van der Waals surface area contributed by atoms with E-state index in [4.69, 9.17) is 21.3 Å². The summed E-state index contributed by atoms with van der Waals surface area (Å²) in [5, 5.41) is 12.2. The van der Waals surface area contributed by atoms with Crippen LogP contribution in [-0.2, 0) is 4.70 Å². The molecule has 0 aliphatic carbocycles. The fraction of sp³-hybridized carbons (Fsp3) is 0.368. The summed E-state index contributed by atoms with van der Waals surface area (Å²) in [6.45, 7) is 3.40. The third-order valence-corrected chi connectivity index (χ3v) is 5.41. The summed E-state index contributed by atoms with van der Waals surface area (Å²) in [5.74, 6) is 0.915. The Morgan fingerprint density at radius 2 is 2.18 bits per heavy atom. The Kier molecular flexibility index (Phi) is 7.59. The fourth-order valence-electron chi connectivity index (χ4n) is 3.19. The van der Waals surface area contributed by atoms with Gasteiger partial charge in [0.2, 0.25) is 0 Å². The summed E-state index contributed by atoms with van der Waals surface area (Å²) in [4.78, 5) is 4.73. The number of nitrogens with one attached hydrogen (secondary N) is 2. The third-order valence-electron chi connectivity index (χ3n) is 4.52. The van der Waals surface area contributed by atoms with Crippen molar-refractivity contribution < 1.29 is 4.70 Å². The van der Waals surface area contributed by atoms with E-state index in [1.807, 2.05) is 34.8 Å². The van der Waals surface area contributed by atoms with Gasteiger partial charge in [-0.25, -0.2) is 4.98 Å². The maximum atomic E-state index is 8.81. The second kappa shape index (κ2) is 10.1. The number of aromatic nitrogens is 3. The Bertz CT molecular complexity index is 945. The van der Waals surface area contributed by atoms with Crippen molar-refractivity contribution in [2.24, 2.45) is 0 Å². The van der Waals surface area contributed by atoms with Gasteiger partial charge >= 0.3 is 18.7 Å². The molecule has 1 aliphatic heterocycles. The van der Waals surface area contributed by atoms with E-state index in [0.717, 1.165) is 47.4 Å². The van der Waals surface area contributed by atoms with Gasteiger partial charge in [-0.3, -0.25) is 0 Å². The predicted octanol–water partition coefficient (Wildman–Crippen LogP) is 4.45. The molecule has 3 heterocycles. The summed E-state index contributed by atoms with van der Waals surface area (Å²) >= 11 is 9.91. The zero-order valence-electron chi connectivity index (χ0n) is 15.7. The van der Waals surface area contributed by atoms with E-state index in [0.29, 0.717) is 11.1 Å². The zero-order valence-corrected chi connectivity index (χ0v) is 18.0. The van der Waals surface area contributed by atoms with Crippen molar-refractivity contribution in [3.05, 3.63) is 46.0 Å². The van der Waals surface area contributed by atoms with Crippen LogP contribution >= 0.6 is 27.5 Å². The van der Waals surface area contributed by atoms with Crippen LogP contribution in [0.2, 0.25) is 11.8 Å². The Morgan fingerprint density at radius 3 is 2.89 bits per heavy atom. The molecule has 28 heavy (non-hydrogen) atoms. The number of nitrogens with zero attached hydrogens (tertiary/aromatic N) is 3. The van der Waals surface area contributed by atoms with Gasteiger partial charge in [0.05, 0.1) is 16.4 Å². The standard InChI is InChI=1S/C18H19BrClN5.CH3BO/c19-14-11-23-25-17(22-10-12-5-3-4-8-21-12)9-16(24-18(14)25)13-6-1-2-7-15(13)20;1-2-3/h1-2,6-7,9,11-12,21-22H,3-5,8,10H2;1H3. The molecule has 1 fully saturated rings. The number of piperidine rings is 1. The molecule has 1 saturated heterocycles. The maximum absolute atomic E-state index is 8.81. The van der Waals surface area contributed by atoms with Crippen molar-refractivity contribution in [3.8, 4) is 11.3 Å². The zero-order chi connectivity index (χ0) is 19.9. The van der Waals surface area contributed by atoms with E-state index in [9.17, 15) is 0 Å². The molecule has 1 aliphatic rings. The first kappa shape index (κ1) is 21.0. The SMILES string of the molecule is CB=O.Clc1ccccc1-c1cc(NCC2CCCCN2)n2ncc(Br)c2n1. The van der Waals surface area contributed by atoms with E-state index >= 15 is 0 Å². The molecule has 1 atom stereocenters. The summed E-state index contributed by atoms with van der Waals surface area (Å²) in [7, 11) is 0.750. The van der Waals surface area contributed by atoms with Gasteiger partial charge in [-0.05, 0) is 41.4 Å². The van der Waals surface area contributed by atoms with Crippen LogP contribution in [0.15, 0.2) is 41.0 Å². The Morgan fingerprint density at radius 1 is 1.39 bits per heavy atom. The summed E-state index contributed by atoms with van der Waals surface area (Å²) in [6, 6.07) is 10.3. The Balaban J connectivity index is 0.000000706. The number of rotatable bonds is 4. The van der Waals surface area contributed by atoms with E-state index in [2.05, 4.69) is 31.7 Å². The minimum atomic E-state index is 0.486. The number of hydrogen-bond acceptors (Lipinski definition) is 5. The summed E-state index contributed by atoms with van der Waals surface area (Å²) in [5.41, 5.74) is 2.52. The molecule has 0 bridgehead atoms. The van der Waals surface area contributed by atoms with E-state index in [1.54, 1.807) is 6.20 Å². The monoisotopic (exact) mass is 461 g/mol.